The summed E-state index contributed by atoms with van der Waals surface area (Å²) in [6.45, 7) is 6.63. The Morgan fingerprint density at radius 3 is 1.96 bits per heavy atom. The van der Waals surface area contributed by atoms with Crippen molar-refractivity contribution < 1.29 is 14.6 Å². The molecular weight excluding hydrogens is 312 g/mol. The molecule has 25 heavy (non-hydrogen) atoms. The van der Waals surface area contributed by atoms with Crippen molar-refractivity contribution in [3.63, 3.8) is 0 Å². The van der Waals surface area contributed by atoms with Gasteiger partial charge in [-0.25, -0.2) is 0 Å². The van der Waals surface area contributed by atoms with Crippen LogP contribution in [0, 0.1) is 5.92 Å². The number of unbranched alkanes of at least 4 members (excludes halogenated alkanes) is 10. The molecule has 0 saturated carbocycles. The van der Waals surface area contributed by atoms with E-state index in [0.717, 1.165) is 25.7 Å². The molecule has 0 aromatic heterocycles. The Bertz CT molecular complexity index is 323. The summed E-state index contributed by atoms with van der Waals surface area (Å²) in [5.74, 6) is 0.504. The maximum Gasteiger partial charge on any atom is 0.305 e. The van der Waals surface area contributed by atoms with Crippen molar-refractivity contribution in [1.29, 1.82) is 0 Å². The molecule has 0 spiro atoms. The lowest BCUT2D eigenvalue weighted by Crippen LogP contribution is -2.05. The minimum atomic E-state index is -0.266. The van der Waals surface area contributed by atoms with E-state index in [1.807, 2.05) is 13.0 Å². The summed E-state index contributed by atoms with van der Waals surface area (Å²) in [5.41, 5.74) is 0. The van der Waals surface area contributed by atoms with Crippen molar-refractivity contribution in [2.24, 2.45) is 5.92 Å². The van der Waals surface area contributed by atoms with Gasteiger partial charge in [-0.1, -0.05) is 77.4 Å². The van der Waals surface area contributed by atoms with Gasteiger partial charge in [-0.3, -0.25) is 4.79 Å². The number of rotatable bonds is 17. The third-order valence-corrected chi connectivity index (χ3v) is 4.38. The van der Waals surface area contributed by atoms with Crippen molar-refractivity contribution in [2.45, 2.75) is 110 Å². The number of aliphatic hydroxyl groups is 1. The number of carbonyl (C=O) groups is 1. The second kappa shape index (κ2) is 18.0. The Labute approximate surface area is 156 Å². The van der Waals surface area contributed by atoms with Crippen LogP contribution in [0.15, 0.2) is 12.2 Å². The average Bonchev–Trinajstić information content (AvgIpc) is 2.54. The van der Waals surface area contributed by atoms with Crippen LogP contribution in [0.25, 0.3) is 0 Å². The van der Waals surface area contributed by atoms with E-state index in [0.29, 0.717) is 18.9 Å². The quantitative estimate of drug-likeness (QED) is 0.192. The Hall–Kier alpha value is -0.830. The van der Waals surface area contributed by atoms with E-state index in [9.17, 15) is 9.90 Å². The molecule has 0 heterocycles. The number of allylic oxidation sites excluding steroid dienone is 1. The predicted molar refractivity (Wildman–Crippen MR) is 107 cm³/mol. The summed E-state index contributed by atoms with van der Waals surface area (Å²) >= 11 is 0. The van der Waals surface area contributed by atoms with Crippen molar-refractivity contribution in [2.75, 3.05) is 6.61 Å². The molecular formula is C22H42O3. The molecule has 1 N–H and O–H groups in total. The molecule has 0 bridgehead atoms. The largest absolute Gasteiger partial charge is 0.466 e. The van der Waals surface area contributed by atoms with E-state index >= 15 is 0 Å². The number of esters is 1. The lowest BCUT2D eigenvalue weighted by Gasteiger charge is -2.07. The maximum atomic E-state index is 11.2. The van der Waals surface area contributed by atoms with Crippen molar-refractivity contribution in [3.05, 3.63) is 12.2 Å². The summed E-state index contributed by atoms with van der Waals surface area (Å²) in [5, 5.41) is 9.74. The molecule has 1 atom stereocenters. The molecule has 0 aliphatic rings. The van der Waals surface area contributed by atoms with Gasteiger partial charge in [-0.15, -0.1) is 0 Å². The van der Waals surface area contributed by atoms with Gasteiger partial charge in [0.2, 0.25) is 0 Å². The highest BCUT2D eigenvalue weighted by atomic mass is 16.5. The molecule has 0 aromatic rings. The molecule has 3 nitrogen and oxygen atoms in total. The van der Waals surface area contributed by atoms with Crippen LogP contribution < -0.4 is 0 Å². The first-order valence-electron chi connectivity index (χ1n) is 10.6. The molecule has 148 valence electrons. The molecule has 0 amide bonds. The zero-order valence-corrected chi connectivity index (χ0v) is 17.0. The second-order valence-corrected chi connectivity index (χ2v) is 7.50. The van der Waals surface area contributed by atoms with Gasteiger partial charge >= 0.3 is 5.97 Å². The fourth-order valence-electron chi connectivity index (χ4n) is 2.99. The van der Waals surface area contributed by atoms with Crippen LogP contribution in [-0.2, 0) is 9.53 Å². The first-order valence-corrected chi connectivity index (χ1v) is 10.6. The van der Waals surface area contributed by atoms with Crippen molar-refractivity contribution >= 4 is 5.97 Å². The van der Waals surface area contributed by atoms with Crippen LogP contribution in [0.3, 0.4) is 0 Å². The molecule has 0 saturated heterocycles. The molecule has 0 unspecified atom stereocenters. The number of ether oxygens (including phenoxy) is 1. The summed E-state index contributed by atoms with van der Waals surface area (Å²) in [6, 6.07) is 0. The molecule has 0 aromatic carbocycles. The summed E-state index contributed by atoms with van der Waals surface area (Å²) in [4.78, 5) is 11.2. The Kier molecular flexibility index (Phi) is 17.4. The van der Waals surface area contributed by atoms with E-state index in [2.05, 4.69) is 19.9 Å². The van der Waals surface area contributed by atoms with Crippen molar-refractivity contribution in [3.8, 4) is 0 Å². The average molecular weight is 355 g/mol. The van der Waals surface area contributed by atoms with E-state index in [1.54, 1.807) is 0 Å². The second-order valence-electron chi connectivity index (χ2n) is 7.50. The zero-order chi connectivity index (χ0) is 18.8. The Morgan fingerprint density at radius 1 is 0.920 bits per heavy atom. The van der Waals surface area contributed by atoms with E-state index in [4.69, 9.17) is 4.74 Å². The molecule has 0 radical (unpaired) electrons. The Morgan fingerprint density at radius 2 is 1.44 bits per heavy atom. The third kappa shape index (κ3) is 19.3. The van der Waals surface area contributed by atoms with E-state index < -0.39 is 0 Å². The number of aliphatic hydroxyl groups excluding tert-OH is 1. The molecule has 0 fully saturated rings. The lowest BCUT2D eigenvalue weighted by molar-refractivity contribution is -0.143. The number of carbonyl (C=O) groups excluding carboxylic acids is 1. The highest BCUT2D eigenvalue weighted by Crippen LogP contribution is 2.13. The van der Waals surface area contributed by atoms with Crippen LogP contribution in [-0.4, -0.2) is 23.8 Å². The molecule has 0 rings (SSSR count). The van der Waals surface area contributed by atoms with Gasteiger partial charge < -0.3 is 9.84 Å². The number of hydrogen-bond donors (Lipinski definition) is 1. The molecule has 0 aliphatic carbocycles. The Balaban J connectivity index is 3.21. The summed E-state index contributed by atoms with van der Waals surface area (Å²) in [6.07, 6.45) is 18.9. The van der Waals surface area contributed by atoms with Gasteiger partial charge in [-0.05, 0) is 38.5 Å². The van der Waals surface area contributed by atoms with Gasteiger partial charge in [0.05, 0.1) is 12.7 Å². The van der Waals surface area contributed by atoms with E-state index in [1.165, 1.54) is 51.4 Å². The molecule has 3 heteroatoms. The zero-order valence-electron chi connectivity index (χ0n) is 17.0. The smallest absolute Gasteiger partial charge is 0.305 e. The minimum Gasteiger partial charge on any atom is -0.466 e. The van der Waals surface area contributed by atoms with Crippen LogP contribution >= 0.6 is 0 Å². The van der Waals surface area contributed by atoms with Gasteiger partial charge in [0.1, 0.15) is 0 Å². The van der Waals surface area contributed by atoms with Gasteiger partial charge in [0.25, 0.3) is 0 Å². The van der Waals surface area contributed by atoms with E-state index in [-0.39, 0.29) is 12.1 Å². The number of hydrogen-bond acceptors (Lipinski definition) is 3. The maximum absolute atomic E-state index is 11.2. The highest BCUT2D eigenvalue weighted by molar-refractivity contribution is 5.69. The van der Waals surface area contributed by atoms with Crippen LogP contribution in [0.4, 0.5) is 0 Å². The fourth-order valence-corrected chi connectivity index (χ4v) is 2.99. The minimum absolute atomic E-state index is 0.0493. The first-order chi connectivity index (χ1) is 12.1. The normalized spacial score (nSPS) is 12.8. The van der Waals surface area contributed by atoms with Crippen LogP contribution in [0.5, 0.6) is 0 Å². The summed E-state index contributed by atoms with van der Waals surface area (Å²) < 4.78 is 4.92. The van der Waals surface area contributed by atoms with Crippen molar-refractivity contribution in [1.82, 2.24) is 0 Å². The highest BCUT2D eigenvalue weighted by Gasteiger charge is 2.02. The molecule has 0 aliphatic heterocycles. The third-order valence-electron chi connectivity index (χ3n) is 4.38. The standard InChI is InChI=1S/C22H42O3/c1-4-25-22(24)18-16-14-12-10-8-6-5-7-9-11-13-15-17-21(23)19-20(2)3/h15,17,20-21,23H,4-14,16,18-19H2,1-3H3/b17-15-/t21-/m1/s1. The monoisotopic (exact) mass is 354 g/mol. The van der Waals surface area contributed by atoms with Gasteiger partial charge in [0, 0.05) is 6.42 Å². The van der Waals surface area contributed by atoms with Crippen LogP contribution in [0.1, 0.15) is 104 Å². The first kappa shape index (κ1) is 24.2. The predicted octanol–water partition coefficient (Wildman–Crippen LogP) is 6.19. The van der Waals surface area contributed by atoms with Crippen LogP contribution in [0.2, 0.25) is 0 Å². The van der Waals surface area contributed by atoms with Gasteiger partial charge in [0.15, 0.2) is 0 Å². The lowest BCUT2D eigenvalue weighted by atomic mass is 10.0. The SMILES string of the molecule is CCOC(=O)CCCCCCCCCCCC/C=C\[C@@H](O)CC(C)C. The topological polar surface area (TPSA) is 46.5 Å². The fraction of sp³-hybridized carbons (Fsp3) is 0.864. The van der Waals surface area contributed by atoms with Gasteiger partial charge in [-0.2, -0.15) is 0 Å². The summed E-state index contributed by atoms with van der Waals surface area (Å²) in [7, 11) is 0.